The summed E-state index contributed by atoms with van der Waals surface area (Å²) in [6.45, 7) is 4.43. The van der Waals surface area contributed by atoms with E-state index in [2.05, 4.69) is 31.5 Å². The molecule has 5 aromatic rings. The molecule has 2 heterocycles. The van der Waals surface area contributed by atoms with Crippen molar-refractivity contribution in [1.29, 1.82) is 0 Å². The standard InChI is InChI=1S/C45H47FN6O10S/c1-3-29-23-36(30-9-14-34(46)15-10-30)37(53)25-39(29)61-22-6-21-60-35-16-11-31-12-17-38(62-40(31)24-35)45(56)48-20-19-47-43(54)28(2)51-44(55)33-13-18-42(49-26-33)52-50-27-32-7-4-5-8-41(32)63(57,58)59/h4-5,7-11,13-16,18,23-28,38,53H,3,6,12,17,19-22H2,1-2H3,(H,47,54)(H,48,56)(H,49,52)(H,51,55)(H,57,58,59)/b50-27+. The number of pyridine rings is 1. The molecule has 0 spiro atoms. The Morgan fingerprint density at radius 3 is 2.49 bits per heavy atom. The molecule has 0 saturated heterocycles. The fourth-order valence-corrected chi connectivity index (χ4v) is 7.18. The number of rotatable bonds is 19. The molecule has 1 aromatic heterocycles. The lowest BCUT2D eigenvalue weighted by Crippen LogP contribution is -2.47. The fourth-order valence-electron chi connectivity index (χ4n) is 6.51. The SMILES string of the molecule is CCc1cc(-c2ccc(F)cc2)c(O)cc1OCCCOc1ccc2c(c1)OC(C(=O)NCCNC(=O)C(C)NC(=O)c1ccc(N/N=C/c3ccccc3S(=O)(=O)O)nc1)CC2. The quantitative estimate of drug-likeness (QED) is 0.0264. The van der Waals surface area contributed by atoms with E-state index in [1.165, 1.54) is 61.8 Å². The van der Waals surface area contributed by atoms with Crippen molar-refractivity contribution in [2.75, 3.05) is 31.7 Å². The summed E-state index contributed by atoms with van der Waals surface area (Å²) < 4.78 is 63.8. The van der Waals surface area contributed by atoms with Gasteiger partial charge in [-0.2, -0.15) is 13.5 Å². The summed E-state index contributed by atoms with van der Waals surface area (Å²) in [5.74, 6) is 0.277. The molecule has 2 unspecified atom stereocenters. The van der Waals surface area contributed by atoms with Gasteiger partial charge in [-0.3, -0.25) is 24.4 Å². The van der Waals surface area contributed by atoms with Crippen LogP contribution in [0, 0.1) is 5.82 Å². The van der Waals surface area contributed by atoms with Crippen LogP contribution < -0.4 is 35.6 Å². The number of hydrazone groups is 1. The second-order valence-electron chi connectivity index (χ2n) is 14.4. The highest BCUT2D eigenvalue weighted by atomic mass is 32.2. The van der Waals surface area contributed by atoms with Crippen molar-refractivity contribution in [2.45, 2.75) is 56.6 Å². The van der Waals surface area contributed by atoms with Gasteiger partial charge in [0.15, 0.2) is 6.10 Å². The summed E-state index contributed by atoms with van der Waals surface area (Å²) in [4.78, 5) is 42.2. The molecule has 0 aliphatic carbocycles. The number of amides is 3. The second-order valence-corrected chi connectivity index (χ2v) is 15.8. The number of benzene rings is 4. The molecule has 6 N–H and O–H groups in total. The normalized spacial score (nSPS) is 13.9. The minimum atomic E-state index is -4.44. The number of hydrogen-bond donors (Lipinski definition) is 6. The summed E-state index contributed by atoms with van der Waals surface area (Å²) in [5, 5.41) is 22.6. The van der Waals surface area contributed by atoms with Crippen LogP contribution in [-0.4, -0.2) is 85.4 Å². The first kappa shape index (κ1) is 45.5. The lowest BCUT2D eigenvalue weighted by atomic mass is 10.00. The largest absolute Gasteiger partial charge is 0.507 e. The van der Waals surface area contributed by atoms with Crippen molar-refractivity contribution in [3.05, 3.63) is 125 Å². The maximum absolute atomic E-state index is 13.4. The van der Waals surface area contributed by atoms with E-state index in [1.807, 2.05) is 25.1 Å². The lowest BCUT2D eigenvalue weighted by molar-refractivity contribution is -0.129. The molecule has 18 heteroatoms. The smallest absolute Gasteiger partial charge is 0.295 e. The van der Waals surface area contributed by atoms with Crippen molar-refractivity contribution in [2.24, 2.45) is 5.10 Å². The minimum Gasteiger partial charge on any atom is -0.507 e. The van der Waals surface area contributed by atoms with Crippen LogP contribution in [0.2, 0.25) is 0 Å². The van der Waals surface area contributed by atoms with Gasteiger partial charge in [-0.15, -0.1) is 0 Å². The predicted octanol–water partition coefficient (Wildman–Crippen LogP) is 5.44. The van der Waals surface area contributed by atoms with E-state index < -0.39 is 34.1 Å². The van der Waals surface area contributed by atoms with Gasteiger partial charge in [-0.1, -0.05) is 43.3 Å². The molecule has 0 bridgehead atoms. The third-order valence-electron chi connectivity index (χ3n) is 9.88. The molecule has 6 rings (SSSR count). The highest BCUT2D eigenvalue weighted by Gasteiger charge is 2.26. The molecule has 4 aromatic carbocycles. The van der Waals surface area contributed by atoms with Gasteiger partial charge < -0.3 is 35.3 Å². The Morgan fingerprint density at radius 2 is 1.75 bits per heavy atom. The number of aryl methyl sites for hydroxylation is 2. The average molecular weight is 883 g/mol. The summed E-state index contributed by atoms with van der Waals surface area (Å²) in [6, 6.07) is 22.6. The zero-order valence-electron chi connectivity index (χ0n) is 34.5. The summed E-state index contributed by atoms with van der Waals surface area (Å²) in [5.41, 5.74) is 6.10. The van der Waals surface area contributed by atoms with E-state index >= 15 is 0 Å². The number of halogens is 1. The summed E-state index contributed by atoms with van der Waals surface area (Å²) >= 11 is 0. The average Bonchev–Trinajstić information content (AvgIpc) is 3.27. The van der Waals surface area contributed by atoms with Crippen molar-refractivity contribution in [3.8, 4) is 34.1 Å². The van der Waals surface area contributed by atoms with E-state index in [0.29, 0.717) is 67.3 Å². The number of hydrogen-bond acceptors (Lipinski definition) is 12. The van der Waals surface area contributed by atoms with Gasteiger partial charge in [0.25, 0.3) is 21.9 Å². The number of carbonyl (C=O) groups excluding carboxylic acids is 3. The molecule has 16 nitrogen and oxygen atoms in total. The van der Waals surface area contributed by atoms with E-state index in [1.54, 1.807) is 30.3 Å². The molecule has 3 amide bonds. The van der Waals surface area contributed by atoms with Crippen LogP contribution >= 0.6 is 0 Å². The number of nitrogens with zero attached hydrogens (tertiary/aromatic N) is 2. The maximum atomic E-state index is 13.4. The number of aromatic nitrogens is 1. The number of phenolic OH excluding ortho intramolecular Hbond substituents is 1. The molecule has 1 aliphatic rings. The Labute approximate surface area is 363 Å². The molecule has 2 atom stereocenters. The number of phenols is 1. The first-order valence-corrected chi connectivity index (χ1v) is 21.6. The Morgan fingerprint density at radius 1 is 0.984 bits per heavy atom. The van der Waals surface area contributed by atoms with Crippen molar-refractivity contribution >= 4 is 39.9 Å². The monoisotopic (exact) mass is 882 g/mol. The van der Waals surface area contributed by atoms with E-state index in [-0.39, 0.29) is 52.4 Å². The first-order valence-electron chi connectivity index (χ1n) is 20.1. The van der Waals surface area contributed by atoms with E-state index in [9.17, 15) is 36.9 Å². The maximum Gasteiger partial charge on any atom is 0.295 e. The Bertz CT molecular complexity index is 2560. The van der Waals surface area contributed by atoms with Gasteiger partial charge in [0.1, 0.15) is 45.6 Å². The molecular weight excluding hydrogens is 836 g/mol. The zero-order valence-corrected chi connectivity index (χ0v) is 35.3. The van der Waals surface area contributed by atoms with Gasteiger partial charge in [-0.05, 0) is 85.3 Å². The van der Waals surface area contributed by atoms with E-state index in [0.717, 1.165) is 11.1 Å². The Balaban J connectivity index is 0.878. The van der Waals surface area contributed by atoms with Crippen LogP contribution in [0.4, 0.5) is 10.2 Å². The summed E-state index contributed by atoms with van der Waals surface area (Å²) in [6.07, 6.45) is 4.05. The van der Waals surface area contributed by atoms with E-state index in [4.69, 9.17) is 14.2 Å². The predicted molar refractivity (Wildman–Crippen MR) is 232 cm³/mol. The molecule has 0 fully saturated rings. The fraction of sp³-hybridized carbons (Fsp3) is 0.267. The number of fused-ring (bicyclic) bond motifs is 1. The van der Waals surface area contributed by atoms with Gasteiger partial charge in [0.05, 0.1) is 25.0 Å². The lowest BCUT2D eigenvalue weighted by Gasteiger charge is -2.26. The second kappa shape index (κ2) is 21.2. The Hall–Kier alpha value is -7.05. The summed E-state index contributed by atoms with van der Waals surface area (Å²) in [7, 11) is -4.44. The van der Waals surface area contributed by atoms with Crippen molar-refractivity contribution in [1.82, 2.24) is 20.9 Å². The van der Waals surface area contributed by atoms with Crippen molar-refractivity contribution < 1.29 is 51.1 Å². The zero-order chi connectivity index (χ0) is 44.9. The van der Waals surface area contributed by atoms with Crippen molar-refractivity contribution in [3.63, 3.8) is 0 Å². The van der Waals surface area contributed by atoms with Crippen LogP contribution in [0.1, 0.15) is 53.7 Å². The number of ether oxygens (including phenoxy) is 3. The van der Waals surface area contributed by atoms with Gasteiger partial charge in [-0.25, -0.2) is 9.37 Å². The van der Waals surface area contributed by atoms with Crippen LogP contribution in [0.3, 0.4) is 0 Å². The molecule has 63 heavy (non-hydrogen) atoms. The topological polar surface area (TPSA) is 227 Å². The number of anilines is 1. The number of aromatic hydroxyl groups is 1. The van der Waals surface area contributed by atoms with Gasteiger partial charge in [0, 0.05) is 49.0 Å². The highest BCUT2D eigenvalue weighted by Crippen LogP contribution is 2.36. The third-order valence-corrected chi connectivity index (χ3v) is 10.8. The number of carbonyl (C=O) groups is 3. The van der Waals surface area contributed by atoms with Gasteiger partial charge >= 0.3 is 0 Å². The molecule has 0 saturated carbocycles. The van der Waals surface area contributed by atoms with Crippen LogP contribution in [0.15, 0.2) is 107 Å². The van der Waals surface area contributed by atoms with Crippen LogP contribution in [-0.2, 0) is 32.5 Å². The molecule has 1 aliphatic heterocycles. The molecule has 330 valence electrons. The molecule has 0 radical (unpaired) electrons. The van der Waals surface area contributed by atoms with Crippen LogP contribution in [0.5, 0.6) is 23.0 Å². The Kier molecular flexibility index (Phi) is 15.3. The highest BCUT2D eigenvalue weighted by molar-refractivity contribution is 7.86. The first-order chi connectivity index (χ1) is 30.3. The van der Waals surface area contributed by atoms with Gasteiger partial charge in [0.2, 0.25) is 5.91 Å². The molecular formula is C45H47FN6O10S. The number of nitrogens with one attached hydrogen (secondary N) is 4. The minimum absolute atomic E-state index is 0.0405. The van der Waals surface area contributed by atoms with Crippen LogP contribution in [0.25, 0.3) is 11.1 Å². The third kappa shape index (κ3) is 12.5.